The van der Waals surface area contributed by atoms with Gasteiger partial charge in [-0.05, 0) is 13.0 Å². The summed E-state index contributed by atoms with van der Waals surface area (Å²) in [6, 6.07) is 0. The molecule has 1 saturated heterocycles. The van der Waals surface area contributed by atoms with Crippen LogP contribution in [0.15, 0.2) is 23.5 Å². The third kappa shape index (κ3) is 3.07. The summed E-state index contributed by atoms with van der Waals surface area (Å²) in [5.74, 6) is -0.522. The topological polar surface area (TPSA) is 81.1 Å². The van der Waals surface area contributed by atoms with E-state index in [1.54, 1.807) is 11.8 Å². The summed E-state index contributed by atoms with van der Waals surface area (Å²) in [7, 11) is 0. The van der Waals surface area contributed by atoms with E-state index in [-0.39, 0.29) is 12.2 Å². The Bertz CT molecular complexity index is 362. The molecule has 1 amide bonds. The van der Waals surface area contributed by atoms with Crippen LogP contribution in [-0.4, -0.2) is 58.6 Å². The average Bonchev–Trinajstić information content (AvgIpc) is 2.68. The lowest BCUT2D eigenvalue weighted by Crippen LogP contribution is -2.25. The van der Waals surface area contributed by atoms with Crippen molar-refractivity contribution in [1.29, 1.82) is 0 Å². The number of carbonyl (C=O) groups is 2. The number of nitrogens with zero attached hydrogens (tertiary/aromatic N) is 2. The summed E-state index contributed by atoms with van der Waals surface area (Å²) in [4.78, 5) is 24.9. The number of amides is 1. The summed E-state index contributed by atoms with van der Waals surface area (Å²) in [6.45, 7) is 3.07. The molecule has 2 N–H and O–H groups in total. The molecule has 0 saturated carbocycles. The van der Waals surface area contributed by atoms with Crippen molar-refractivity contribution in [3.63, 3.8) is 0 Å². The first-order chi connectivity index (χ1) is 8.13. The van der Waals surface area contributed by atoms with Crippen LogP contribution < -0.4 is 0 Å². The number of aliphatic carboxylic acids is 1. The third-order valence-corrected chi connectivity index (χ3v) is 2.57. The molecule has 1 heterocycles. The minimum absolute atomic E-state index is 0.0394. The molecule has 0 radical (unpaired) electrons. The molecule has 0 atom stereocenters. The minimum atomic E-state index is -1.04. The van der Waals surface area contributed by atoms with Gasteiger partial charge in [-0.1, -0.05) is 6.08 Å². The van der Waals surface area contributed by atoms with Crippen LogP contribution in [0.2, 0.25) is 0 Å². The Morgan fingerprint density at radius 3 is 2.65 bits per heavy atom. The Morgan fingerprint density at radius 1 is 1.47 bits per heavy atom. The second-order valence-corrected chi connectivity index (χ2v) is 3.56. The summed E-state index contributed by atoms with van der Waals surface area (Å²) < 4.78 is 0. The van der Waals surface area contributed by atoms with Gasteiger partial charge in [0, 0.05) is 19.6 Å². The number of β-amino-alcohol motifs (C(OH)–C–C–N with tert-alkyl or cyclic N) is 1. The number of rotatable bonds is 5. The van der Waals surface area contributed by atoms with Gasteiger partial charge in [-0.3, -0.25) is 9.69 Å². The number of carboxylic acid groups (broad SMARTS) is 1. The lowest BCUT2D eigenvalue weighted by atomic mass is 10.2. The maximum absolute atomic E-state index is 10.9. The Hall–Kier alpha value is -1.82. The zero-order valence-electron chi connectivity index (χ0n) is 9.67. The van der Waals surface area contributed by atoms with Crippen LogP contribution in [-0.2, 0) is 9.59 Å². The van der Waals surface area contributed by atoms with E-state index in [2.05, 4.69) is 0 Å². The van der Waals surface area contributed by atoms with Crippen molar-refractivity contribution in [2.45, 2.75) is 6.92 Å². The van der Waals surface area contributed by atoms with Gasteiger partial charge >= 0.3 is 5.97 Å². The first kappa shape index (κ1) is 13.2. The van der Waals surface area contributed by atoms with Crippen LogP contribution in [0.4, 0.5) is 0 Å². The van der Waals surface area contributed by atoms with E-state index < -0.39 is 5.97 Å². The molecule has 1 fully saturated rings. The molecule has 1 aliphatic heterocycles. The number of aliphatic hydroxyl groups excluding tert-OH is 1. The molecule has 6 heteroatoms. The van der Waals surface area contributed by atoms with Crippen molar-refractivity contribution in [2.24, 2.45) is 0 Å². The summed E-state index contributed by atoms with van der Waals surface area (Å²) in [6.07, 6.45) is 3.57. The second kappa shape index (κ2) is 6.05. The number of hydrogen-bond acceptors (Lipinski definition) is 4. The highest BCUT2D eigenvalue weighted by atomic mass is 16.4. The van der Waals surface area contributed by atoms with Gasteiger partial charge in [-0.25, -0.2) is 4.79 Å². The fourth-order valence-corrected chi connectivity index (χ4v) is 1.67. The van der Waals surface area contributed by atoms with Crippen molar-refractivity contribution in [3.05, 3.63) is 23.5 Å². The molecule has 0 unspecified atom stereocenters. The number of carboxylic acids is 1. The van der Waals surface area contributed by atoms with E-state index in [0.717, 1.165) is 0 Å². The van der Waals surface area contributed by atoms with Gasteiger partial charge in [0.15, 0.2) is 0 Å². The predicted molar refractivity (Wildman–Crippen MR) is 60.9 cm³/mol. The lowest BCUT2D eigenvalue weighted by molar-refractivity contribution is -0.132. The molecule has 0 aliphatic carbocycles. The normalized spacial score (nSPS) is 18.9. The fourth-order valence-electron chi connectivity index (χ4n) is 1.67. The van der Waals surface area contributed by atoms with Crippen LogP contribution in [0, 0.1) is 0 Å². The molecule has 0 aromatic heterocycles. The largest absolute Gasteiger partial charge is 0.478 e. The third-order valence-electron chi connectivity index (χ3n) is 2.57. The fraction of sp³-hybridized carbons (Fsp3) is 0.455. The number of carbonyl (C=O) groups excluding carboxylic acids is 1. The Balaban J connectivity index is 2.98. The van der Waals surface area contributed by atoms with Gasteiger partial charge in [0.1, 0.15) is 5.82 Å². The standard InChI is InChI=1S/C11H16N2O4/c1-2-9(11(16)17)7-10-12(5-6-14)3-4-13(10)8-15/h2,7-8,14H,3-6H2,1H3,(H,16,17)/b9-2+,10-7-. The van der Waals surface area contributed by atoms with Crippen LogP contribution in [0.3, 0.4) is 0 Å². The highest BCUT2D eigenvalue weighted by Gasteiger charge is 2.24. The van der Waals surface area contributed by atoms with Crippen molar-refractivity contribution in [2.75, 3.05) is 26.2 Å². The van der Waals surface area contributed by atoms with Crippen molar-refractivity contribution < 1.29 is 19.8 Å². The molecular weight excluding hydrogens is 224 g/mol. The minimum Gasteiger partial charge on any atom is -0.478 e. The molecule has 94 valence electrons. The first-order valence-electron chi connectivity index (χ1n) is 5.33. The highest BCUT2D eigenvalue weighted by Crippen LogP contribution is 2.18. The van der Waals surface area contributed by atoms with Crippen molar-refractivity contribution >= 4 is 12.4 Å². The van der Waals surface area contributed by atoms with Gasteiger partial charge < -0.3 is 15.1 Å². The molecule has 0 aromatic carbocycles. The summed E-state index contributed by atoms with van der Waals surface area (Å²) in [5, 5.41) is 17.8. The van der Waals surface area contributed by atoms with Crippen molar-refractivity contribution in [3.8, 4) is 0 Å². The van der Waals surface area contributed by atoms with Gasteiger partial charge in [0.2, 0.25) is 6.41 Å². The first-order valence-corrected chi connectivity index (χ1v) is 5.33. The monoisotopic (exact) mass is 240 g/mol. The van der Waals surface area contributed by atoms with Crippen LogP contribution in [0.5, 0.6) is 0 Å². The Morgan fingerprint density at radius 2 is 2.18 bits per heavy atom. The SMILES string of the molecule is C/C=C(\C=C1/N(C=O)CCN1CCO)C(=O)O. The Labute approximate surface area is 99.4 Å². The van der Waals surface area contributed by atoms with Gasteiger partial charge in [0.25, 0.3) is 0 Å². The summed E-state index contributed by atoms with van der Waals surface area (Å²) >= 11 is 0. The van der Waals surface area contributed by atoms with E-state index in [9.17, 15) is 9.59 Å². The number of allylic oxidation sites excluding steroid dienone is 1. The van der Waals surface area contributed by atoms with Crippen LogP contribution >= 0.6 is 0 Å². The second-order valence-electron chi connectivity index (χ2n) is 3.56. The molecule has 6 nitrogen and oxygen atoms in total. The zero-order chi connectivity index (χ0) is 12.8. The lowest BCUT2D eigenvalue weighted by Gasteiger charge is -2.20. The summed E-state index contributed by atoms with van der Waals surface area (Å²) in [5.41, 5.74) is 0.122. The maximum Gasteiger partial charge on any atom is 0.335 e. The van der Waals surface area contributed by atoms with Gasteiger partial charge in [0.05, 0.1) is 12.2 Å². The average molecular weight is 240 g/mol. The quantitative estimate of drug-likeness (QED) is 0.506. The maximum atomic E-state index is 10.9. The number of aliphatic hydroxyl groups is 1. The van der Waals surface area contributed by atoms with E-state index in [0.29, 0.717) is 31.9 Å². The van der Waals surface area contributed by atoms with E-state index in [1.807, 2.05) is 0 Å². The number of hydrogen-bond donors (Lipinski definition) is 2. The zero-order valence-corrected chi connectivity index (χ0v) is 9.67. The van der Waals surface area contributed by atoms with Crippen LogP contribution in [0.25, 0.3) is 0 Å². The molecule has 17 heavy (non-hydrogen) atoms. The Kier molecular flexibility index (Phi) is 4.71. The van der Waals surface area contributed by atoms with Crippen LogP contribution in [0.1, 0.15) is 6.92 Å². The van der Waals surface area contributed by atoms with E-state index in [1.165, 1.54) is 17.1 Å². The van der Waals surface area contributed by atoms with Crippen molar-refractivity contribution in [1.82, 2.24) is 9.80 Å². The van der Waals surface area contributed by atoms with E-state index in [4.69, 9.17) is 10.2 Å². The van der Waals surface area contributed by atoms with Gasteiger partial charge in [-0.2, -0.15) is 0 Å². The molecular formula is C11H16N2O4. The van der Waals surface area contributed by atoms with E-state index >= 15 is 0 Å². The molecule has 1 aliphatic rings. The molecule has 0 spiro atoms. The highest BCUT2D eigenvalue weighted by molar-refractivity contribution is 5.89. The van der Waals surface area contributed by atoms with Gasteiger partial charge in [-0.15, -0.1) is 0 Å². The molecule has 0 aromatic rings. The molecule has 1 rings (SSSR count). The predicted octanol–water partition coefficient (Wildman–Crippen LogP) is -0.375. The smallest absolute Gasteiger partial charge is 0.335 e. The molecule has 0 bridgehead atoms.